The first kappa shape index (κ1) is 14.0. The Morgan fingerprint density at radius 2 is 2.10 bits per heavy atom. The van der Waals surface area contributed by atoms with Crippen molar-refractivity contribution in [1.82, 2.24) is 0 Å². The zero-order valence-corrected chi connectivity index (χ0v) is 11.7. The van der Waals surface area contributed by atoms with Crippen molar-refractivity contribution in [2.24, 2.45) is 0 Å². The van der Waals surface area contributed by atoms with Crippen LogP contribution in [0.15, 0.2) is 34.7 Å². The van der Waals surface area contributed by atoms with Gasteiger partial charge in [0.15, 0.2) is 0 Å². The minimum Gasteiger partial charge on any atom is -0.497 e. The van der Waals surface area contributed by atoms with E-state index in [0.29, 0.717) is 23.6 Å². The SMILES string of the molecule is COC(=O)c1cc(CNc2cccc(OC)c2)oc1C. The van der Waals surface area contributed by atoms with Gasteiger partial charge in [0.1, 0.15) is 22.8 Å². The Hall–Kier alpha value is -2.43. The first-order valence-corrected chi connectivity index (χ1v) is 6.19. The molecule has 1 aromatic heterocycles. The number of hydrogen-bond acceptors (Lipinski definition) is 5. The second-order valence-electron chi connectivity index (χ2n) is 4.26. The lowest BCUT2D eigenvalue weighted by molar-refractivity contribution is 0.0599. The zero-order valence-electron chi connectivity index (χ0n) is 11.7. The summed E-state index contributed by atoms with van der Waals surface area (Å²) in [5, 5.41) is 3.21. The first-order valence-electron chi connectivity index (χ1n) is 6.19. The highest BCUT2D eigenvalue weighted by molar-refractivity contribution is 5.90. The number of esters is 1. The molecule has 1 heterocycles. The molecule has 0 saturated carbocycles. The van der Waals surface area contributed by atoms with Gasteiger partial charge in [0.2, 0.25) is 0 Å². The summed E-state index contributed by atoms with van der Waals surface area (Å²) in [4.78, 5) is 11.5. The minimum atomic E-state index is -0.390. The van der Waals surface area contributed by atoms with Crippen LogP contribution in [0.3, 0.4) is 0 Å². The first-order chi connectivity index (χ1) is 9.63. The van der Waals surface area contributed by atoms with Crippen LogP contribution >= 0.6 is 0 Å². The van der Waals surface area contributed by atoms with Crippen molar-refractivity contribution >= 4 is 11.7 Å². The number of carbonyl (C=O) groups is 1. The largest absolute Gasteiger partial charge is 0.497 e. The number of ether oxygens (including phenoxy) is 2. The molecule has 1 aromatic carbocycles. The van der Waals surface area contributed by atoms with Crippen LogP contribution < -0.4 is 10.1 Å². The van der Waals surface area contributed by atoms with E-state index in [0.717, 1.165) is 11.4 Å². The van der Waals surface area contributed by atoms with E-state index in [1.807, 2.05) is 24.3 Å². The number of hydrogen-bond donors (Lipinski definition) is 1. The van der Waals surface area contributed by atoms with E-state index in [1.165, 1.54) is 7.11 Å². The van der Waals surface area contributed by atoms with Gasteiger partial charge in [-0.05, 0) is 25.1 Å². The Balaban J connectivity index is 2.05. The van der Waals surface area contributed by atoms with Crippen molar-refractivity contribution in [2.75, 3.05) is 19.5 Å². The van der Waals surface area contributed by atoms with Crippen LogP contribution in [-0.4, -0.2) is 20.2 Å². The quantitative estimate of drug-likeness (QED) is 0.850. The molecule has 0 bridgehead atoms. The third-order valence-electron chi connectivity index (χ3n) is 2.91. The molecule has 0 aliphatic rings. The van der Waals surface area contributed by atoms with Crippen molar-refractivity contribution in [3.05, 3.63) is 47.4 Å². The molecule has 1 N–H and O–H groups in total. The summed E-state index contributed by atoms with van der Waals surface area (Å²) >= 11 is 0. The van der Waals surface area contributed by atoms with Gasteiger partial charge in [0.05, 0.1) is 20.8 Å². The number of aryl methyl sites for hydroxylation is 1. The second kappa shape index (κ2) is 6.14. The summed E-state index contributed by atoms with van der Waals surface area (Å²) in [5.74, 6) is 1.62. The van der Waals surface area contributed by atoms with E-state index in [4.69, 9.17) is 9.15 Å². The van der Waals surface area contributed by atoms with E-state index < -0.39 is 0 Å². The Morgan fingerprint density at radius 3 is 2.80 bits per heavy atom. The number of nitrogens with one attached hydrogen (secondary N) is 1. The fourth-order valence-electron chi connectivity index (χ4n) is 1.87. The molecular formula is C15H17NO4. The number of benzene rings is 1. The van der Waals surface area contributed by atoms with Gasteiger partial charge in [0.25, 0.3) is 0 Å². The summed E-state index contributed by atoms with van der Waals surface area (Å²) < 4.78 is 15.4. The van der Waals surface area contributed by atoms with Gasteiger partial charge in [-0.3, -0.25) is 0 Å². The third-order valence-corrected chi connectivity index (χ3v) is 2.91. The topological polar surface area (TPSA) is 60.7 Å². The fourth-order valence-corrected chi connectivity index (χ4v) is 1.87. The summed E-state index contributed by atoms with van der Waals surface area (Å²) in [6.45, 7) is 2.21. The predicted molar refractivity (Wildman–Crippen MR) is 75.1 cm³/mol. The minimum absolute atomic E-state index is 0.390. The van der Waals surface area contributed by atoms with Crippen LogP contribution in [0.5, 0.6) is 5.75 Å². The van der Waals surface area contributed by atoms with Gasteiger partial charge in [0, 0.05) is 11.8 Å². The summed E-state index contributed by atoms with van der Waals surface area (Å²) in [5.41, 5.74) is 1.37. The van der Waals surface area contributed by atoms with Crippen LogP contribution in [0.4, 0.5) is 5.69 Å². The lowest BCUT2D eigenvalue weighted by Crippen LogP contribution is -2.01. The van der Waals surface area contributed by atoms with Crippen LogP contribution in [-0.2, 0) is 11.3 Å². The van der Waals surface area contributed by atoms with Crippen molar-refractivity contribution in [1.29, 1.82) is 0 Å². The molecule has 0 saturated heterocycles. The molecule has 106 valence electrons. The van der Waals surface area contributed by atoms with Gasteiger partial charge < -0.3 is 19.2 Å². The lowest BCUT2D eigenvalue weighted by atomic mass is 10.2. The van der Waals surface area contributed by atoms with Gasteiger partial charge in [-0.15, -0.1) is 0 Å². The van der Waals surface area contributed by atoms with E-state index in [1.54, 1.807) is 20.1 Å². The molecule has 0 radical (unpaired) electrons. The van der Waals surface area contributed by atoms with Crippen molar-refractivity contribution in [2.45, 2.75) is 13.5 Å². The van der Waals surface area contributed by atoms with Gasteiger partial charge >= 0.3 is 5.97 Å². The molecule has 0 spiro atoms. The van der Waals surface area contributed by atoms with E-state index in [-0.39, 0.29) is 5.97 Å². The van der Waals surface area contributed by atoms with Crippen LogP contribution in [0.2, 0.25) is 0 Å². The van der Waals surface area contributed by atoms with Gasteiger partial charge in [-0.2, -0.15) is 0 Å². The summed E-state index contributed by atoms with van der Waals surface area (Å²) in [6.07, 6.45) is 0. The van der Waals surface area contributed by atoms with Gasteiger partial charge in [-0.25, -0.2) is 4.79 Å². The number of furan rings is 1. The second-order valence-corrected chi connectivity index (χ2v) is 4.26. The highest BCUT2D eigenvalue weighted by Gasteiger charge is 2.14. The third kappa shape index (κ3) is 3.12. The number of carbonyl (C=O) groups excluding carboxylic acids is 1. The molecule has 0 aliphatic carbocycles. The molecule has 0 unspecified atom stereocenters. The molecule has 0 fully saturated rings. The smallest absolute Gasteiger partial charge is 0.341 e. The summed E-state index contributed by atoms with van der Waals surface area (Å²) in [7, 11) is 2.97. The Kier molecular flexibility index (Phi) is 4.30. The maximum absolute atomic E-state index is 11.5. The Morgan fingerprint density at radius 1 is 1.30 bits per heavy atom. The molecule has 5 heteroatoms. The van der Waals surface area contributed by atoms with E-state index in [9.17, 15) is 4.79 Å². The summed E-state index contributed by atoms with van der Waals surface area (Å²) in [6, 6.07) is 9.27. The molecule has 0 amide bonds. The maximum Gasteiger partial charge on any atom is 0.341 e. The van der Waals surface area contributed by atoms with Crippen LogP contribution in [0.1, 0.15) is 21.9 Å². The molecule has 2 aromatic rings. The molecule has 0 atom stereocenters. The average Bonchev–Trinajstić information content (AvgIpc) is 2.85. The predicted octanol–water partition coefficient (Wildman–Crippen LogP) is 3.00. The fraction of sp³-hybridized carbons (Fsp3) is 0.267. The van der Waals surface area contributed by atoms with Crippen LogP contribution in [0, 0.1) is 6.92 Å². The van der Waals surface area contributed by atoms with Crippen molar-refractivity contribution < 1.29 is 18.7 Å². The highest BCUT2D eigenvalue weighted by atomic mass is 16.5. The number of methoxy groups -OCH3 is 2. The standard InChI is InChI=1S/C15H17NO4/c1-10-14(15(17)19-3)8-13(20-10)9-16-11-5-4-6-12(7-11)18-2/h4-8,16H,9H2,1-3H3. The van der Waals surface area contributed by atoms with Crippen LogP contribution in [0.25, 0.3) is 0 Å². The lowest BCUT2D eigenvalue weighted by Gasteiger charge is -2.06. The normalized spacial score (nSPS) is 10.2. The van der Waals surface area contributed by atoms with E-state index >= 15 is 0 Å². The molecule has 5 nitrogen and oxygen atoms in total. The van der Waals surface area contributed by atoms with Gasteiger partial charge in [-0.1, -0.05) is 6.07 Å². The molecule has 0 aliphatic heterocycles. The van der Waals surface area contributed by atoms with E-state index in [2.05, 4.69) is 10.1 Å². The highest BCUT2D eigenvalue weighted by Crippen LogP contribution is 2.20. The Labute approximate surface area is 117 Å². The zero-order chi connectivity index (χ0) is 14.5. The van der Waals surface area contributed by atoms with Crippen molar-refractivity contribution in [3.8, 4) is 5.75 Å². The van der Waals surface area contributed by atoms with Crippen molar-refractivity contribution in [3.63, 3.8) is 0 Å². The maximum atomic E-state index is 11.5. The Bertz CT molecular complexity index is 604. The monoisotopic (exact) mass is 275 g/mol. The average molecular weight is 275 g/mol. The molecular weight excluding hydrogens is 258 g/mol. The number of anilines is 1. The molecule has 20 heavy (non-hydrogen) atoms. The molecule has 2 rings (SSSR count). The number of rotatable bonds is 5.